The smallest absolute Gasteiger partial charge is 0.228 e. The summed E-state index contributed by atoms with van der Waals surface area (Å²) >= 11 is 6.13. The summed E-state index contributed by atoms with van der Waals surface area (Å²) in [4.78, 5) is 24.1. The van der Waals surface area contributed by atoms with E-state index in [2.05, 4.69) is 5.32 Å². The van der Waals surface area contributed by atoms with E-state index in [1.54, 1.807) is 29.9 Å². The summed E-state index contributed by atoms with van der Waals surface area (Å²) in [6, 6.07) is 12.5. The lowest BCUT2D eigenvalue weighted by Gasteiger charge is -2.10. The van der Waals surface area contributed by atoms with E-state index in [1.807, 2.05) is 24.3 Å². The first-order valence-corrected chi connectivity index (χ1v) is 8.07. The van der Waals surface area contributed by atoms with Crippen molar-refractivity contribution in [1.82, 2.24) is 4.57 Å². The Kier molecular flexibility index (Phi) is 4.51. The maximum absolute atomic E-state index is 12.4. The zero-order valence-corrected chi connectivity index (χ0v) is 14.8. The van der Waals surface area contributed by atoms with Gasteiger partial charge in [0, 0.05) is 29.8 Å². The van der Waals surface area contributed by atoms with Crippen LogP contribution in [0.15, 0.2) is 42.5 Å². The molecule has 1 aromatic heterocycles. The van der Waals surface area contributed by atoms with Gasteiger partial charge in [0.15, 0.2) is 0 Å². The van der Waals surface area contributed by atoms with Crippen molar-refractivity contribution in [2.45, 2.75) is 13.8 Å². The SMILES string of the molecule is COc1ccc(-c2c(NC(C)=O)c3cc(Cl)ccc3n2C(C)=O)cc1. The van der Waals surface area contributed by atoms with E-state index in [1.165, 1.54) is 13.8 Å². The number of nitrogens with one attached hydrogen (secondary N) is 1. The molecule has 0 aliphatic heterocycles. The standard InChI is InChI=1S/C19H17ClN2O3/c1-11(23)21-18-16-10-14(20)6-9-17(16)22(12(2)24)19(18)13-4-7-15(25-3)8-5-13/h4-10H,1-3H3,(H,21,23). The Morgan fingerprint density at radius 1 is 1.08 bits per heavy atom. The Hall–Kier alpha value is -2.79. The van der Waals surface area contributed by atoms with Crippen molar-refractivity contribution >= 4 is 40.0 Å². The highest BCUT2D eigenvalue weighted by atomic mass is 35.5. The molecule has 3 aromatic rings. The fourth-order valence-corrected chi connectivity index (χ4v) is 3.09. The molecular weight excluding hydrogens is 340 g/mol. The van der Waals surface area contributed by atoms with Crippen LogP contribution in [0.4, 0.5) is 5.69 Å². The van der Waals surface area contributed by atoms with Gasteiger partial charge in [0.1, 0.15) is 5.75 Å². The Morgan fingerprint density at radius 2 is 1.76 bits per heavy atom. The molecule has 1 heterocycles. The van der Waals surface area contributed by atoms with E-state index in [4.69, 9.17) is 16.3 Å². The molecule has 6 heteroatoms. The second-order valence-corrected chi connectivity index (χ2v) is 6.09. The maximum atomic E-state index is 12.4. The highest BCUT2D eigenvalue weighted by Gasteiger charge is 2.22. The van der Waals surface area contributed by atoms with Gasteiger partial charge < -0.3 is 10.1 Å². The molecule has 1 N–H and O–H groups in total. The number of benzene rings is 2. The molecule has 3 rings (SSSR count). The number of hydrogen-bond donors (Lipinski definition) is 1. The van der Waals surface area contributed by atoms with Crippen molar-refractivity contribution in [3.8, 4) is 17.0 Å². The number of carbonyl (C=O) groups is 2. The van der Waals surface area contributed by atoms with Gasteiger partial charge in [0.05, 0.1) is 24.0 Å². The van der Waals surface area contributed by atoms with Gasteiger partial charge in [-0.3, -0.25) is 14.2 Å². The molecule has 0 fully saturated rings. The van der Waals surface area contributed by atoms with Crippen LogP contribution in [-0.2, 0) is 4.79 Å². The molecule has 0 atom stereocenters. The Labute approximate surface area is 150 Å². The predicted octanol–water partition coefficient (Wildman–Crippen LogP) is 4.59. The molecule has 25 heavy (non-hydrogen) atoms. The highest BCUT2D eigenvalue weighted by molar-refractivity contribution is 6.31. The lowest BCUT2D eigenvalue weighted by molar-refractivity contribution is -0.114. The van der Waals surface area contributed by atoms with E-state index in [9.17, 15) is 9.59 Å². The van der Waals surface area contributed by atoms with Gasteiger partial charge in [-0.05, 0) is 42.5 Å². The van der Waals surface area contributed by atoms with Crippen LogP contribution in [-0.4, -0.2) is 23.5 Å². The van der Waals surface area contributed by atoms with Gasteiger partial charge in [-0.25, -0.2) is 0 Å². The molecule has 0 unspecified atom stereocenters. The van der Waals surface area contributed by atoms with Crippen molar-refractivity contribution in [2.24, 2.45) is 0 Å². The first-order valence-electron chi connectivity index (χ1n) is 7.69. The van der Waals surface area contributed by atoms with Crippen LogP contribution < -0.4 is 10.1 Å². The van der Waals surface area contributed by atoms with Crippen LogP contribution in [0.5, 0.6) is 5.75 Å². The summed E-state index contributed by atoms with van der Waals surface area (Å²) in [7, 11) is 1.59. The van der Waals surface area contributed by atoms with E-state index in [-0.39, 0.29) is 11.8 Å². The number of halogens is 1. The molecule has 0 radical (unpaired) electrons. The molecule has 128 valence electrons. The molecule has 5 nitrogen and oxygen atoms in total. The zero-order valence-electron chi connectivity index (χ0n) is 14.1. The second-order valence-electron chi connectivity index (χ2n) is 5.65. The van der Waals surface area contributed by atoms with Crippen LogP contribution in [0.3, 0.4) is 0 Å². The average Bonchev–Trinajstić information content (AvgIpc) is 2.88. The molecule has 0 saturated carbocycles. The molecule has 0 bridgehead atoms. The number of methoxy groups -OCH3 is 1. The minimum atomic E-state index is -0.225. The molecule has 0 aliphatic rings. The number of fused-ring (bicyclic) bond motifs is 1. The molecular formula is C19H17ClN2O3. The lowest BCUT2D eigenvalue weighted by atomic mass is 10.1. The monoisotopic (exact) mass is 356 g/mol. The summed E-state index contributed by atoms with van der Waals surface area (Å²) in [6.07, 6.45) is 0. The Morgan fingerprint density at radius 3 is 2.32 bits per heavy atom. The first kappa shape index (κ1) is 17.0. The predicted molar refractivity (Wildman–Crippen MR) is 99.5 cm³/mol. The summed E-state index contributed by atoms with van der Waals surface area (Å²) in [5, 5.41) is 4.08. The number of rotatable bonds is 3. The van der Waals surface area contributed by atoms with Crippen LogP contribution in [0, 0.1) is 0 Å². The number of amides is 1. The topological polar surface area (TPSA) is 60.3 Å². The number of ether oxygens (including phenoxy) is 1. The molecule has 0 saturated heterocycles. The summed E-state index contributed by atoms with van der Waals surface area (Å²) in [5.41, 5.74) is 2.64. The first-order chi connectivity index (χ1) is 11.9. The second kappa shape index (κ2) is 6.61. The number of aromatic nitrogens is 1. The van der Waals surface area contributed by atoms with Crippen molar-refractivity contribution in [3.63, 3.8) is 0 Å². The van der Waals surface area contributed by atoms with Gasteiger partial charge in [-0.2, -0.15) is 0 Å². The van der Waals surface area contributed by atoms with Crippen molar-refractivity contribution < 1.29 is 14.3 Å². The third kappa shape index (κ3) is 3.10. The minimum absolute atomic E-state index is 0.158. The third-order valence-corrected chi connectivity index (χ3v) is 4.14. The van der Waals surface area contributed by atoms with Gasteiger partial charge in [0.25, 0.3) is 0 Å². The molecule has 0 aliphatic carbocycles. The molecule has 1 amide bonds. The van der Waals surface area contributed by atoms with Crippen LogP contribution >= 0.6 is 11.6 Å². The highest BCUT2D eigenvalue weighted by Crippen LogP contribution is 2.39. The van der Waals surface area contributed by atoms with Crippen LogP contribution in [0.2, 0.25) is 5.02 Å². The van der Waals surface area contributed by atoms with E-state index < -0.39 is 0 Å². The van der Waals surface area contributed by atoms with E-state index in [0.717, 1.165) is 5.56 Å². The summed E-state index contributed by atoms with van der Waals surface area (Å²) in [5.74, 6) is 0.324. The fourth-order valence-electron chi connectivity index (χ4n) is 2.92. The van der Waals surface area contributed by atoms with Crippen molar-refractivity contribution in [1.29, 1.82) is 0 Å². The fraction of sp³-hybridized carbons (Fsp3) is 0.158. The van der Waals surface area contributed by atoms with Crippen molar-refractivity contribution in [3.05, 3.63) is 47.5 Å². The number of hydrogen-bond acceptors (Lipinski definition) is 3. The Bertz CT molecular complexity index is 974. The number of carbonyl (C=O) groups excluding carboxylic acids is 2. The summed E-state index contributed by atoms with van der Waals surface area (Å²) < 4.78 is 6.77. The van der Waals surface area contributed by atoms with Gasteiger partial charge in [-0.1, -0.05) is 11.6 Å². The quantitative estimate of drug-likeness (QED) is 0.746. The molecule has 0 spiro atoms. The van der Waals surface area contributed by atoms with Crippen LogP contribution in [0.1, 0.15) is 18.6 Å². The van der Waals surface area contributed by atoms with Gasteiger partial charge in [-0.15, -0.1) is 0 Å². The van der Waals surface area contributed by atoms with E-state index >= 15 is 0 Å². The maximum Gasteiger partial charge on any atom is 0.228 e. The average molecular weight is 357 g/mol. The lowest BCUT2D eigenvalue weighted by Crippen LogP contribution is -2.10. The zero-order chi connectivity index (χ0) is 18.1. The normalized spacial score (nSPS) is 10.7. The minimum Gasteiger partial charge on any atom is -0.497 e. The third-order valence-electron chi connectivity index (χ3n) is 3.91. The van der Waals surface area contributed by atoms with Gasteiger partial charge in [0.2, 0.25) is 11.8 Å². The van der Waals surface area contributed by atoms with E-state index in [0.29, 0.717) is 33.1 Å². The Balaban J connectivity index is 2.38. The number of nitrogens with zero attached hydrogens (tertiary/aromatic N) is 1. The molecule has 2 aromatic carbocycles. The summed E-state index contributed by atoms with van der Waals surface area (Å²) in [6.45, 7) is 2.91. The van der Waals surface area contributed by atoms with Crippen LogP contribution in [0.25, 0.3) is 22.2 Å². The van der Waals surface area contributed by atoms with Crippen molar-refractivity contribution in [2.75, 3.05) is 12.4 Å². The number of anilines is 1. The van der Waals surface area contributed by atoms with Gasteiger partial charge >= 0.3 is 0 Å². The largest absolute Gasteiger partial charge is 0.497 e.